The number of rotatable bonds is 7. The fraction of sp³-hybridized carbons (Fsp3) is 0.316. The van der Waals surface area contributed by atoms with Crippen LogP contribution in [0.5, 0.6) is 17.2 Å². The summed E-state index contributed by atoms with van der Waals surface area (Å²) in [6, 6.07) is 12.5. The van der Waals surface area contributed by atoms with Gasteiger partial charge < -0.3 is 29.5 Å². The molecule has 3 rings (SSSR count). The molecule has 26 heavy (non-hydrogen) atoms. The van der Waals surface area contributed by atoms with Crippen LogP contribution in [0.3, 0.4) is 0 Å². The van der Waals surface area contributed by atoms with Crippen molar-refractivity contribution in [3.63, 3.8) is 0 Å². The zero-order valence-corrected chi connectivity index (χ0v) is 14.8. The van der Waals surface area contributed by atoms with Crippen molar-refractivity contribution in [3.05, 3.63) is 48.0 Å². The van der Waals surface area contributed by atoms with E-state index in [0.29, 0.717) is 22.8 Å². The molecule has 1 aliphatic heterocycles. The number of nitrogens with one attached hydrogen (secondary N) is 1. The van der Waals surface area contributed by atoms with Gasteiger partial charge in [-0.3, -0.25) is 4.79 Å². The standard InChI is InChI=1S/C19H22N2O5/c1-21(2)14-5-3-4-13(8-14)19(23)20-10-15(22)11-24-16-6-7-17-18(9-16)26-12-25-17/h3-9,15,22H,10-12H2,1-2H3,(H,20,23)/t15-/m1/s1. The number of benzene rings is 2. The van der Waals surface area contributed by atoms with Crippen molar-refractivity contribution >= 4 is 11.6 Å². The third kappa shape index (κ3) is 4.37. The van der Waals surface area contributed by atoms with Gasteiger partial charge in [0.2, 0.25) is 6.79 Å². The van der Waals surface area contributed by atoms with Crippen molar-refractivity contribution in [1.29, 1.82) is 0 Å². The lowest BCUT2D eigenvalue weighted by Crippen LogP contribution is -2.35. The first-order valence-corrected chi connectivity index (χ1v) is 8.29. The Kier molecular flexibility index (Phi) is 5.48. The second kappa shape index (κ2) is 7.97. The number of amides is 1. The molecule has 1 atom stereocenters. The number of carbonyl (C=O) groups is 1. The van der Waals surface area contributed by atoms with Crippen LogP contribution in [0.1, 0.15) is 10.4 Å². The number of nitrogens with zero attached hydrogens (tertiary/aromatic N) is 1. The summed E-state index contributed by atoms with van der Waals surface area (Å²) < 4.78 is 16.0. The van der Waals surface area contributed by atoms with Gasteiger partial charge in [-0.25, -0.2) is 0 Å². The first-order valence-electron chi connectivity index (χ1n) is 8.29. The number of aliphatic hydroxyl groups excluding tert-OH is 1. The molecule has 0 bridgehead atoms. The lowest BCUT2D eigenvalue weighted by molar-refractivity contribution is 0.0843. The van der Waals surface area contributed by atoms with Gasteiger partial charge in [-0.05, 0) is 30.3 Å². The lowest BCUT2D eigenvalue weighted by Gasteiger charge is -2.15. The van der Waals surface area contributed by atoms with Crippen molar-refractivity contribution in [2.75, 3.05) is 38.9 Å². The number of carbonyl (C=O) groups excluding carboxylic acids is 1. The molecular weight excluding hydrogens is 336 g/mol. The molecule has 0 unspecified atom stereocenters. The van der Waals surface area contributed by atoms with E-state index < -0.39 is 6.10 Å². The van der Waals surface area contributed by atoms with Crippen molar-refractivity contribution in [2.45, 2.75) is 6.10 Å². The van der Waals surface area contributed by atoms with E-state index in [1.165, 1.54) is 0 Å². The highest BCUT2D eigenvalue weighted by atomic mass is 16.7. The van der Waals surface area contributed by atoms with Gasteiger partial charge in [0.25, 0.3) is 5.91 Å². The Balaban J connectivity index is 1.47. The third-order valence-corrected chi connectivity index (χ3v) is 3.91. The maximum Gasteiger partial charge on any atom is 0.251 e. The van der Waals surface area contributed by atoms with Crippen molar-refractivity contribution in [1.82, 2.24) is 5.32 Å². The molecule has 7 heteroatoms. The molecule has 1 aliphatic rings. The summed E-state index contributed by atoms with van der Waals surface area (Å²) in [7, 11) is 3.82. The van der Waals surface area contributed by atoms with E-state index >= 15 is 0 Å². The summed E-state index contributed by atoms with van der Waals surface area (Å²) >= 11 is 0. The van der Waals surface area contributed by atoms with Crippen LogP contribution in [0.25, 0.3) is 0 Å². The number of aliphatic hydroxyl groups is 1. The van der Waals surface area contributed by atoms with Crippen molar-refractivity contribution < 1.29 is 24.1 Å². The van der Waals surface area contributed by atoms with E-state index in [2.05, 4.69) is 5.32 Å². The van der Waals surface area contributed by atoms with Gasteiger partial charge in [0.1, 0.15) is 18.5 Å². The van der Waals surface area contributed by atoms with Crippen LogP contribution < -0.4 is 24.4 Å². The first-order chi connectivity index (χ1) is 12.5. The Morgan fingerprint density at radius 2 is 2.04 bits per heavy atom. The van der Waals surface area contributed by atoms with Crippen molar-refractivity contribution in [3.8, 4) is 17.2 Å². The van der Waals surface area contributed by atoms with Gasteiger partial charge in [-0.15, -0.1) is 0 Å². The van der Waals surface area contributed by atoms with Crippen LogP contribution in [-0.4, -0.2) is 51.2 Å². The van der Waals surface area contributed by atoms with Crippen LogP contribution in [0.15, 0.2) is 42.5 Å². The molecule has 0 spiro atoms. The van der Waals surface area contributed by atoms with Crippen LogP contribution in [-0.2, 0) is 0 Å². The SMILES string of the molecule is CN(C)c1cccc(C(=O)NC[C@@H](O)COc2ccc3c(c2)OCO3)c1. The fourth-order valence-corrected chi connectivity index (χ4v) is 2.46. The van der Waals surface area contributed by atoms with Gasteiger partial charge in [0.05, 0.1) is 0 Å². The fourth-order valence-electron chi connectivity index (χ4n) is 2.46. The lowest BCUT2D eigenvalue weighted by atomic mass is 10.2. The van der Waals surface area contributed by atoms with E-state index in [1.54, 1.807) is 30.3 Å². The monoisotopic (exact) mass is 358 g/mol. The number of hydrogen-bond acceptors (Lipinski definition) is 6. The zero-order chi connectivity index (χ0) is 18.5. The van der Waals surface area contributed by atoms with Gasteiger partial charge in [-0.2, -0.15) is 0 Å². The zero-order valence-electron chi connectivity index (χ0n) is 14.8. The molecule has 7 nitrogen and oxygen atoms in total. The van der Waals surface area contributed by atoms with Gasteiger partial charge >= 0.3 is 0 Å². The number of anilines is 1. The first kappa shape index (κ1) is 17.9. The van der Waals surface area contributed by atoms with Gasteiger partial charge in [-0.1, -0.05) is 6.07 Å². The van der Waals surface area contributed by atoms with Crippen LogP contribution in [0.2, 0.25) is 0 Å². The molecule has 0 radical (unpaired) electrons. The summed E-state index contributed by atoms with van der Waals surface area (Å²) in [5, 5.41) is 12.7. The molecule has 0 saturated carbocycles. The average Bonchev–Trinajstić information content (AvgIpc) is 3.12. The molecule has 0 aliphatic carbocycles. The molecule has 0 aromatic heterocycles. The van der Waals surface area contributed by atoms with Gasteiger partial charge in [0, 0.05) is 38.0 Å². The Hall–Kier alpha value is -2.93. The maximum atomic E-state index is 12.2. The predicted molar refractivity (Wildman–Crippen MR) is 97.2 cm³/mol. The normalized spacial score (nSPS) is 13.2. The smallest absolute Gasteiger partial charge is 0.251 e. The second-order valence-electron chi connectivity index (χ2n) is 6.13. The number of fused-ring (bicyclic) bond motifs is 1. The average molecular weight is 358 g/mol. The van der Waals surface area contributed by atoms with Crippen LogP contribution in [0, 0.1) is 0 Å². The van der Waals surface area contributed by atoms with E-state index in [-0.39, 0.29) is 25.9 Å². The highest BCUT2D eigenvalue weighted by Gasteiger charge is 2.15. The quantitative estimate of drug-likeness (QED) is 0.783. The van der Waals surface area contributed by atoms with E-state index in [4.69, 9.17) is 14.2 Å². The minimum Gasteiger partial charge on any atom is -0.491 e. The highest BCUT2D eigenvalue weighted by Crippen LogP contribution is 2.35. The minimum atomic E-state index is -0.832. The van der Waals surface area contributed by atoms with Crippen LogP contribution in [0.4, 0.5) is 5.69 Å². The second-order valence-corrected chi connectivity index (χ2v) is 6.13. The minimum absolute atomic E-state index is 0.0532. The largest absolute Gasteiger partial charge is 0.491 e. The van der Waals surface area contributed by atoms with Crippen molar-refractivity contribution in [2.24, 2.45) is 0 Å². The van der Waals surface area contributed by atoms with E-state index in [9.17, 15) is 9.90 Å². The Labute approximate surface area is 152 Å². The summed E-state index contributed by atoms with van der Waals surface area (Å²) in [6.07, 6.45) is -0.832. The molecule has 1 amide bonds. The topological polar surface area (TPSA) is 80.3 Å². The Morgan fingerprint density at radius 1 is 1.23 bits per heavy atom. The molecule has 2 aromatic rings. The summed E-state index contributed by atoms with van der Waals surface area (Å²) in [6.45, 7) is 0.343. The van der Waals surface area contributed by atoms with E-state index in [0.717, 1.165) is 5.69 Å². The summed E-state index contributed by atoms with van der Waals surface area (Å²) in [5.41, 5.74) is 1.48. The van der Waals surface area contributed by atoms with Crippen LogP contribution >= 0.6 is 0 Å². The summed E-state index contributed by atoms with van der Waals surface area (Å²) in [5.74, 6) is 1.62. The Bertz CT molecular complexity index is 778. The molecule has 2 aromatic carbocycles. The molecule has 2 N–H and O–H groups in total. The number of ether oxygens (including phenoxy) is 3. The third-order valence-electron chi connectivity index (χ3n) is 3.91. The molecule has 0 fully saturated rings. The highest BCUT2D eigenvalue weighted by molar-refractivity contribution is 5.95. The molecule has 138 valence electrons. The molecule has 0 saturated heterocycles. The molecule has 1 heterocycles. The van der Waals surface area contributed by atoms with E-state index in [1.807, 2.05) is 31.1 Å². The molecular formula is C19H22N2O5. The Morgan fingerprint density at radius 3 is 2.85 bits per heavy atom. The van der Waals surface area contributed by atoms with Gasteiger partial charge in [0.15, 0.2) is 11.5 Å². The predicted octanol–water partition coefficient (Wildman–Crippen LogP) is 1.65. The number of hydrogen-bond donors (Lipinski definition) is 2. The summed E-state index contributed by atoms with van der Waals surface area (Å²) in [4.78, 5) is 14.1. The maximum absolute atomic E-state index is 12.2.